The normalized spacial score (nSPS) is 13.7. The minimum Gasteiger partial charge on any atom is -0.511 e. The first-order valence-electron chi connectivity index (χ1n) is 17.6. The van der Waals surface area contributed by atoms with E-state index < -0.39 is 46.3 Å². The summed E-state index contributed by atoms with van der Waals surface area (Å²) in [6, 6.07) is 18.3. The van der Waals surface area contributed by atoms with Crippen molar-refractivity contribution in [2.24, 2.45) is 0 Å². The topological polar surface area (TPSA) is 187 Å². The van der Waals surface area contributed by atoms with Gasteiger partial charge in [0.05, 0.1) is 17.7 Å². The average molecular weight is 782 g/mol. The van der Waals surface area contributed by atoms with Crippen LogP contribution in [0, 0.1) is 23.7 Å². The molecule has 0 aliphatic carbocycles. The van der Waals surface area contributed by atoms with Crippen LogP contribution in [0.4, 0.5) is 18.9 Å². The molecule has 0 aromatic heterocycles. The lowest BCUT2D eigenvalue weighted by molar-refractivity contribution is -0.139. The molecule has 15 heteroatoms. The zero-order valence-corrected chi connectivity index (χ0v) is 30.0. The Bertz CT molecular complexity index is 2330. The van der Waals surface area contributed by atoms with Crippen LogP contribution in [0.2, 0.25) is 0 Å². The number of rotatable bonds is 13. The van der Waals surface area contributed by atoms with Crippen molar-refractivity contribution in [3.63, 3.8) is 0 Å². The molecule has 12 nitrogen and oxygen atoms in total. The van der Waals surface area contributed by atoms with Crippen LogP contribution in [0.5, 0.6) is 28.7 Å². The van der Waals surface area contributed by atoms with Crippen molar-refractivity contribution in [2.45, 2.75) is 56.8 Å². The number of nitrogens with zero attached hydrogens (tertiary/aromatic N) is 1. The number of amides is 2. The van der Waals surface area contributed by atoms with E-state index in [0.717, 1.165) is 18.2 Å². The summed E-state index contributed by atoms with van der Waals surface area (Å²) in [5.41, 5.74) is -0.854. The number of anilines is 1. The number of hydrogen-bond acceptors (Lipinski definition) is 10. The SMILES string of the molecule is C#CCC/C(O)=C(\C#N)C(=O)Nc1ccc(C(F)(F)F)c(OCCCCCC(=O)NCc2ccc3c(c2)C(=O)OC32c3ccc(O)cc3Oc3cc(O)ccc32)c1. The number of unbranched alkanes of at least 4 members (excludes halogenated alkanes) is 2. The molecule has 0 bridgehead atoms. The molecular formula is C42H34F3N3O9. The Labute approximate surface area is 324 Å². The lowest BCUT2D eigenvalue weighted by Gasteiger charge is -2.36. The number of aliphatic hydroxyl groups excluding tert-OH is 1. The number of benzene rings is 4. The molecule has 2 heterocycles. The molecular weight excluding hydrogens is 747 g/mol. The number of carbonyl (C=O) groups excluding carboxylic acids is 3. The number of nitrogens with one attached hydrogen (secondary N) is 2. The van der Waals surface area contributed by atoms with E-state index in [-0.39, 0.29) is 72.6 Å². The Hall–Kier alpha value is -7.13. The highest BCUT2D eigenvalue weighted by Crippen LogP contribution is 2.57. The van der Waals surface area contributed by atoms with Crippen LogP contribution in [0.25, 0.3) is 0 Å². The van der Waals surface area contributed by atoms with Gasteiger partial charge in [0.25, 0.3) is 5.91 Å². The zero-order chi connectivity index (χ0) is 40.9. The number of alkyl halides is 3. The maximum absolute atomic E-state index is 13.7. The van der Waals surface area contributed by atoms with Gasteiger partial charge < -0.3 is 40.2 Å². The molecule has 0 fully saturated rings. The fourth-order valence-corrected chi connectivity index (χ4v) is 6.61. The summed E-state index contributed by atoms with van der Waals surface area (Å²) in [6.07, 6.45) is 1.56. The van der Waals surface area contributed by atoms with Crippen molar-refractivity contribution in [1.29, 1.82) is 5.26 Å². The van der Waals surface area contributed by atoms with E-state index in [4.69, 9.17) is 20.6 Å². The molecule has 57 heavy (non-hydrogen) atoms. The van der Waals surface area contributed by atoms with Crippen molar-refractivity contribution in [2.75, 3.05) is 11.9 Å². The third kappa shape index (κ3) is 8.28. The molecule has 4 aromatic carbocycles. The van der Waals surface area contributed by atoms with Crippen molar-refractivity contribution >= 4 is 23.5 Å². The van der Waals surface area contributed by atoms with Gasteiger partial charge in [0.15, 0.2) is 11.2 Å². The maximum Gasteiger partial charge on any atom is 0.419 e. The van der Waals surface area contributed by atoms with Crippen LogP contribution in [0.1, 0.15) is 76.7 Å². The predicted molar refractivity (Wildman–Crippen MR) is 197 cm³/mol. The Morgan fingerprint density at radius 3 is 2.23 bits per heavy atom. The summed E-state index contributed by atoms with van der Waals surface area (Å²) < 4.78 is 58.6. The second-order valence-electron chi connectivity index (χ2n) is 13.1. The van der Waals surface area contributed by atoms with Crippen LogP contribution in [-0.4, -0.2) is 39.7 Å². The molecule has 292 valence electrons. The second-order valence-corrected chi connectivity index (χ2v) is 13.1. The third-order valence-corrected chi connectivity index (χ3v) is 9.31. The molecule has 2 amide bonds. The minimum absolute atomic E-state index is 0.0650. The Morgan fingerprint density at radius 2 is 1.58 bits per heavy atom. The van der Waals surface area contributed by atoms with Crippen LogP contribution in [0.15, 0.2) is 84.1 Å². The summed E-state index contributed by atoms with van der Waals surface area (Å²) in [7, 11) is 0. The minimum atomic E-state index is -4.76. The summed E-state index contributed by atoms with van der Waals surface area (Å²) in [6.45, 7) is -0.0365. The van der Waals surface area contributed by atoms with E-state index in [1.807, 2.05) is 0 Å². The van der Waals surface area contributed by atoms with Gasteiger partial charge in [-0.2, -0.15) is 18.4 Å². The number of phenols is 2. The molecule has 2 aliphatic rings. The number of aliphatic hydroxyl groups is 1. The molecule has 0 saturated heterocycles. The van der Waals surface area contributed by atoms with E-state index in [0.29, 0.717) is 41.5 Å². The third-order valence-electron chi connectivity index (χ3n) is 9.31. The van der Waals surface area contributed by atoms with Gasteiger partial charge in [-0.3, -0.25) is 9.59 Å². The fourth-order valence-electron chi connectivity index (χ4n) is 6.61. The number of aromatic hydroxyl groups is 2. The molecule has 1 spiro atoms. The van der Waals surface area contributed by atoms with Gasteiger partial charge in [0.1, 0.15) is 40.6 Å². The number of allylic oxidation sites excluding steroid dienone is 1. The lowest BCUT2D eigenvalue weighted by Crippen LogP contribution is -2.32. The monoisotopic (exact) mass is 781 g/mol. The number of nitriles is 1. The van der Waals surface area contributed by atoms with Gasteiger partial charge in [0.2, 0.25) is 5.91 Å². The number of terminal acetylenes is 1. The van der Waals surface area contributed by atoms with E-state index >= 15 is 0 Å². The molecule has 5 N–H and O–H groups in total. The highest BCUT2D eigenvalue weighted by atomic mass is 19.4. The van der Waals surface area contributed by atoms with Gasteiger partial charge in [-0.25, -0.2) is 4.79 Å². The summed E-state index contributed by atoms with van der Waals surface area (Å²) in [5.74, 6) is -0.405. The van der Waals surface area contributed by atoms with E-state index in [9.17, 15) is 48.1 Å². The van der Waals surface area contributed by atoms with Crippen LogP contribution < -0.4 is 20.1 Å². The number of esters is 1. The van der Waals surface area contributed by atoms with Gasteiger partial charge >= 0.3 is 12.1 Å². The van der Waals surface area contributed by atoms with Crippen molar-refractivity contribution < 1.29 is 57.1 Å². The highest BCUT2D eigenvalue weighted by Gasteiger charge is 2.53. The summed E-state index contributed by atoms with van der Waals surface area (Å²) in [4.78, 5) is 38.6. The van der Waals surface area contributed by atoms with Gasteiger partial charge in [0, 0.05) is 66.4 Å². The first-order chi connectivity index (χ1) is 27.2. The van der Waals surface area contributed by atoms with Crippen molar-refractivity contribution in [1.82, 2.24) is 5.32 Å². The Balaban J connectivity index is 1.03. The zero-order valence-electron chi connectivity index (χ0n) is 30.0. The smallest absolute Gasteiger partial charge is 0.419 e. The summed E-state index contributed by atoms with van der Waals surface area (Å²) >= 11 is 0. The quantitative estimate of drug-likeness (QED) is 0.0225. The first kappa shape index (κ1) is 39.6. The van der Waals surface area contributed by atoms with Crippen LogP contribution in [-0.2, 0) is 32.6 Å². The molecule has 0 unspecified atom stereocenters. The standard InChI is InChI=1S/C42H34F3N3O9/c1-2-3-7-34(51)29(22-46)39(53)48-25-10-14-33(42(43,44)45)35(19-25)55-17-6-4-5-8-38(52)47-23-24-9-13-30-28(18-24)40(54)57-41(30)31-15-11-26(49)20-36(31)56-37-21-27(50)12-16-32(37)41/h1,9-16,18-21,49-51H,3-8,17,23H2,(H,47,52)(H,48,53)/b34-29-. The molecule has 4 aromatic rings. The number of fused-ring (bicyclic) bond motifs is 6. The van der Waals surface area contributed by atoms with E-state index in [1.165, 1.54) is 24.3 Å². The van der Waals surface area contributed by atoms with Gasteiger partial charge in [-0.05, 0) is 67.3 Å². The van der Waals surface area contributed by atoms with Crippen LogP contribution in [0.3, 0.4) is 0 Å². The Kier molecular flexibility index (Phi) is 11.3. The first-order valence-corrected chi connectivity index (χ1v) is 17.6. The number of halogens is 3. The van der Waals surface area contributed by atoms with Crippen molar-refractivity contribution in [3.8, 4) is 47.2 Å². The largest absolute Gasteiger partial charge is 0.511 e. The summed E-state index contributed by atoms with van der Waals surface area (Å²) in [5, 5.41) is 44.6. The predicted octanol–water partition coefficient (Wildman–Crippen LogP) is 7.63. The highest BCUT2D eigenvalue weighted by molar-refractivity contribution is 6.07. The molecule has 0 atom stereocenters. The molecule has 6 rings (SSSR count). The lowest BCUT2D eigenvalue weighted by atomic mass is 9.77. The van der Waals surface area contributed by atoms with E-state index in [1.54, 1.807) is 36.4 Å². The molecule has 2 aliphatic heterocycles. The number of carbonyl (C=O) groups is 3. The second kappa shape index (κ2) is 16.3. The van der Waals surface area contributed by atoms with E-state index in [2.05, 4.69) is 16.6 Å². The van der Waals surface area contributed by atoms with Gasteiger partial charge in [-0.1, -0.05) is 12.1 Å². The van der Waals surface area contributed by atoms with Gasteiger partial charge in [-0.15, -0.1) is 12.3 Å². The Morgan fingerprint density at radius 1 is 0.895 bits per heavy atom. The fraction of sp³-hybridized carbons (Fsp3) is 0.238. The maximum atomic E-state index is 13.7. The molecule has 0 radical (unpaired) electrons. The molecule has 0 saturated carbocycles. The van der Waals surface area contributed by atoms with Crippen LogP contribution >= 0.6 is 0 Å². The number of ether oxygens (including phenoxy) is 3. The number of hydrogen-bond donors (Lipinski definition) is 5. The average Bonchev–Trinajstić information content (AvgIpc) is 3.45. The number of phenolic OH excluding ortho intramolecular Hbond substituents is 2. The van der Waals surface area contributed by atoms with Crippen molar-refractivity contribution in [3.05, 3.63) is 118 Å².